The Morgan fingerprint density at radius 2 is 0.818 bits per heavy atom. The Morgan fingerprint density at radius 3 is 1.24 bits per heavy atom. The Balaban J connectivity index is 2.37. The molecule has 0 spiro atoms. The van der Waals surface area contributed by atoms with E-state index >= 15 is 0 Å². The molecule has 0 bridgehead atoms. The van der Waals surface area contributed by atoms with Crippen molar-refractivity contribution in [3.8, 4) is 0 Å². The zero-order valence-electron chi connectivity index (χ0n) is 23.9. The fraction of sp³-hybridized carbons (Fsp3) is 1.00. The van der Waals surface area contributed by atoms with Crippen molar-refractivity contribution in [2.75, 3.05) is 0 Å². The number of rotatable bonds is 25. The van der Waals surface area contributed by atoms with Crippen molar-refractivity contribution in [3.05, 3.63) is 0 Å². The third-order valence-corrected chi connectivity index (χ3v) is 9.06. The Morgan fingerprint density at radius 1 is 0.455 bits per heavy atom. The van der Waals surface area contributed by atoms with Crippen molar-refractivity contribution >= 4 is 0 Å². The van der Waals surface area contributed by atoms with Gasteiger partial charge < -0.3 is 0 Å². The maximum Gasteiger partial charge on any atom is -0.0269 e. The molecule has 1 aliphatic carbocycles. The van der Waals surface area contributed by atoms with Crippen molar-refractivity contribution in [2.24, 2.45) is 11.3 Å². The lowest BCUT2D eigenvalue weighted by Crippen LogP contribution is -2.26. The maximum atomic E-state index is 2.34. The molecule has 33 heavy (non-hydrogen) atoms. The van der Waals surface area contributed by atoms with Crippen molar-refractivity contribution in [1.82, 2.24) is 0 Å². The minimum atomic E-state index is 0.744. The van der Waals surface area contributed by atoms with Crippen LogP contribution in [0.5, 0.6) is 0 Å². The molecule has 0 aliphatic heterocycles. The molecule has 198 valence electrons. The summed E-state index contributed by atoms with van der Waals surface area (Å²) in [5.74, 6) is 1.07. The van der Waals surface area contributed by atoms with Gasteiger partial charge >= 0.3 is 0 Å². The Labute approximate surface area is 211 Å². The van der Waals surface area contributed by atoms with Gasteiger partial charge in [-0.2, -0.15) is 0 Å². The van der Waals surface area contributed by atoms with Crippen molar-refractivity contribution < 1.29 is 0 Å². The molecule has 0 aromatic heterocycles. The normalized spacial score (nSPS) is 17.7. The lowest BCUT2D eigenvalue weighted by molar-refractivity contribution is 0.141. The van der Waals surface area contributed by atoms with Crippen molar-refractivity contribution in [1.29, 1.82) is 0 Å². The van der Waals surface area contributed by atoms with E-state index in [4.69, 9.17) is 0 Å². The molecule has 1 saturated carbocycles. The summed E-state index contributed by atoms with van der Waals surface area (Å²) in [5.41, 5.74) is 0.744. The van der Waals surface area contributed by atoms with Crippen molar-refractivity contribution in [3.63, 3.8) is 0 Å². The number of unbranched alkanes of at least 4 members (excludes halogenated alkanes) is 19. The van der Waals surface area contributed by atoms with Crippen LogP contribution in [0.15, 0.2) is 0 Å². The lowest BCUT2D eigenvalue weighted by Gasteiger charge is -2.37. The predicted octanol–water partition coefficient (Wildman–Crippen LogP) is 12.6. The zero-order chi connectivity index (χ0) is 23.9. The highest BCUT2D eigenvalue weighted by molar-refractivity contribution is 4.91. The quantitative estimate of drug-likeness (QED) is 0.118. The predicted molar refractivity (Wildman–Crippen MR) is 152 cm³/mol. The molecular weight excluding hydrogens is 396 g/mol. The third-order valence-electron chi connectivity index (χ3n) is 9.06. The van der Waals surface area contributed by atoms with E-state index in [1.54, 1.807) is 32.1 Å². The molecule has 0 saturated heterocycles. The van der Waals surface area contributed by atoms with E-state index in [2.05, 4.69) is 20.8 Å². The minimum absolute atomic E-state index is 0.744. The van der Waals surface area contributed by atoms with Gasteiger partial charge in [0.25, 0.3) is 0 Å². The lowest BCUT2D eigenvalue weighted by atomic mass is 9.68. The standard InChI is InChI=1S/C33H66/c1-4-7-10-13-16-18-21-24-29-33(30-25-22-19-17-14-11-8-5-2)31-26-28-32(33)27-23-20-15-12-9-6-3/h32H,4-31H2,1-3H3. The zero-order valence-corrected chi connectivity index (χ0v) is 23.9. The first-order valence-electron chi connectivity index (χ1n) is 16.3. The van der Waals surface area contributed by atoms with Gasteiger partial charge in [0.2, 0.25) is 0 Å². The molecular formula is C33H66. The molecule has 1 unspecified atom stereocenters. The smallest absolute Gasteiger partial charge is 0.0269 e. The summed E-state index contributed by atoms with van der Waals surface area (Å²) in [6, 6.07) is 0. The van der Waals surface area contributed by atoms with Crippen LogP contribution in [0.25, 0.3) is 0 Å². The first kappa shape index (κ1) is 31.0. The van der Waals surface area contributed by atoms with Crippen LogP contribution in [-0.4, -0.2) is 0 Å². The van der Waals surface area contributed by atoms with E-state index in [9.17, 15) is 0 Å². The summed E-state index contributed by atoms with van der Waals surface area (Å²) in [4.78, 5) is 0. The Hall–Kier alpha value is 0. The van der Waals surface area contributed by atoms with Gasteiger partial charge in [0.05, 0.1) is 0 Å². The SMILES string of the molecule is CCCCCCCCCCC1(CCCCCCCCCC)CCCC1CCCCCCCC. The number of hydrogen-bond acceptors (Lipinski definition) is 0. The van der Waals surface area contributed by atoms with E-state index < -0.39 is 0 Å². The molecule has 1 rings (SSSR count). The van der Waals surface area contributed by atoms with Crippen LogP contribution in [0.4, 0.5) is 0 Å². The van der Waals surface area contributed by atoms with Gasteiger partial charge in [0, 0.05) is 0 Å². The fourth-order valence-electron chi connectivity index (χ4n) is 6.84. The van der Waals surface area contributed by atoms with Gasteiger partial charge in [0.15, 0.2) is 0 Å². The van der Waals surface area contributed by atoms with E-state index in [0.29, 0.717) is 0 Å². The molecule has 0 heterocycles. The van der Waals surface area contributed by atoms with E-state index in [1.807, 2.05) is 0 Å². The molecule has 0 aromatic carbocycles. The van der Waals surface area contributed by atoms with Crippen LogP contribution >= 0.6 is 0 Å². The largest absolute Gasteiger partial charge is 0.0654 e. The van der Waals surface area contributed by atoms with Crippen LogP contribution in [0.3, 0.4) is 0 Å². The summed E-state index contributed by atoms with van der Waals surface area (Å²) in [5, 5.41) is 0. The van der Waals surface area contributed by atoms with Gasteiger partial charge in [-0.25, -0.2) is 0 Å². The van der Waals surface area contributed by atoms with Crippen molar-refractivity contribution in [2.45, 2.75) is 201 Å². The van der Waals surface area contributed by atoms with Crippen LogP contribution < -0.4 is 0 Å². The molecule has 1 fully saturated rings. The monoisotopic (exact) mass is 463 g/mol. The number of hydrogen-bond donors (Lipinski definition) is 0. The van der Waals surface area contributed by atoms with Crippen LogP contribution in [-0.2, 0) is 0 Å². The summed E-state index contributed by atoms with van der Waals surface area (Å²) in [6.45, 7) is 6.99. The second-order valence-electron chi connectivity index (χ2n) is 12.0. The van der Waals surface area contributed by atoms with Gasteiger partial charge in [-0.15, -0.1) is 0 Å². The second-order valence-corrected chi connectivity index (χ2v) is 12.0. The summed E-state index contributed by atoms with van der Waals surface area (Å²) in [7, 11) is 0. The molecule has 1 aliphatic rings. The molecule has 1 atom stereocenters. The Kier molecular flexibility index (Phi) is 21.1. The second kappa shape index (κ2) is 22.5. The van der Waals surface area contributed by atoms with Crippen LogP contribution in [0, 0.1) is 11.3 Å². The van der Waals surface area contributed by atoms with Gasteiger partial charge in [-0.3, -0.25) is 0 Å². The van der Waals surface area contributed by atoms with E-state index in [-0.39, 0.29) is 0 Å². The van der Waals surface area contributed by atoms with E-state index in [0.717, 1.165) is 11.3 Å². The van der Waals surface area contributed by atoms with Crippen LogP contribution in [0.2, 0.25) is 0 Å². The molecule has 0 amide bonds. The molecule has 0 radical (unpaired) electrons. The highest BCUT2D eigenvalue weighted by Gasteiger charge is 2.40. The average Bonchev–Trinajstić information content (AvgIpc) is 3.22. The van der Waals surface area contributed by atoms with Gasteiger partial charge in [-0.1, -0.05) is 168 Å². The molecule has 0 N–H and O–H groups in total. The summed E-state index contributed by atoms with van der Waals surface area (Å²) < 4.78 is 0. The summed E-state index contributed by atoms with van der Waals surface area (Å²) in [6.07, 6.45) is 41.8. The molecule has 0 aromatic rings. The fourth-order valence-corrected chi connectivity index (χ4v) is 6.84. The first-order valence-corrected chi connectivity index (χ1v) is 16.3. The van der Waals surface area contributed by atoms with Gasteiger partial charge in [-0.05, 0) is 43.4 Å². The van der Waals surface area contributed by atoms with E-state index in [1.165, 1.54) is 148 Å². The Bertz CT molecular complexity index is 363. The average molecular weight is 463 g/mol. The minimum Gasteiger partial charge on any atom is -0.0654 e. The maximum absolute atomic E-state index is 2.34. The topological polar surface area (TPSA) is 0 Å². The van der Waals surface area contributed by atoms with Gasteiger partial charge in [0.1, 0.15) is 0 Å². The van der Waals surface area contributed by atoms with Crippen LogP contribution in [0.1, 0.15) is 201 Å². The molecule has 0 nitrogen and oxygen atoms in total. The highest BCUT2D eigenvalue weighted by Crippen LogP contribution is 2.52. The third kappa shape index (κ3) is 15.6. The highest BCUT2D eigenvalue weighted by atomic mass is 14.5. The molecule has 0 heteroatoms. The first-order chi connectivity index (χ1) is 16.3. The summed E-state index contributed by atoms with van der Waals surface area (Å²) >= 11 is 0.